The highest BCUT2D eigenvalue weighted by molar-refractivity contribution is 6.13. The number of nitrogens with one attached hydrogen (secondary N) is 1. The normalized spacial score (nSPS) is 11.0. The first-order valence-corrected chi connectivity index (χ1v) is 9.21. The summed E-state index contributed by atoms with van der Waals surface area (Å²) in [5, 5.41) is 8.62. The van der Waals surface area contributed by atoms with Gasteiger partial charge in [0.2, 0.25) is 0 Å². The minimum atomic E-state index is 1.09. The van der Waals surface area contributed by atoms with Crippen molar-refractivity contribution in [3.8, 4) is 11.1 Å². The number of fused-ring (bicyclic) bond motifs is 3. The van der Waals surface area contributed by atoms with Gasteiger partial charge in [0.1, 0.15) is 0 Å². The van der Waals surface area contributed by atoms with E-state index in [-0.39, 0.29) is 0 Å². The minimum Gasteiger partial charge on any atom is -0.356 e. The molecule has 0 bridgehead atoms. The molecule has 0 atom stereocenters. The summed E-state index contributed by atoms with van der Waals surface area (Å²) in [4.78, 5) is 0. The van der Waals surface area contributed by atoms with Gasteiger partial charge in [-0.15, -0.1) is 0 Å². The number of para-hydroxylation sites is 1. The molecule has 1 N–H and O–H groups in total. The van der Waals surface area contributed by atoms with E-state index >= 15 is 0 Å². The second-order valence-corrected chi connectivity index (χ2v) is 6.76. The number of anilines is 2. The van der Waals surface area contributed by atoms with Gasteiger partial charge in [-0.3, -0.25) is 0 Å². The zero-order chi connectivity index (χ0) is 18.1. The molecule has 0 heterocycles. The average Bonchev–Trinajstić information content (AvgIpc) is 2.75. The molecule has 128 valence electrons. The largest absolute Gasteiger partial charge is 0.356 e. The highest BCUT2D eigenvalue weighted by Gasteiger charge is 2.08. The van der Waals surface area contributed by atoms with E-state index in [0.717, 1.165) is 11.4 Å². The maximum atomic E-state index is 3.45. The maximum absolute atomic E-state index is 3.45. The summed E-state index contributed by atoms with van der Waals surface area (Å²) >= 11 is 0. The molecule has 5 aromatic carbocycles. The molecule has 1 heteroatoms. The van der Waals surface area contributed by atoms with Crippen LogP contribution in [0.4, 0.5) is 11.4 Å². The Bertz CT molecular complexity index is 1220. The topological polar surface area (TPSA) is 12.0 Å². The summed E-state index contributed by atoms with van der Waals surface area (Å²) in [5.74, 6) is 0. The first kappa shape index (κ1) is 15.7. The van der Waals surface area contributed by atoms with Gasteiger partial charge < -0.3 is 5.32 Å². The Balaban J connectivity index is 1.60. The Morgan fingerprint density at radius 3 is 1.81 bits per heavy atom. The van der Waals surface area contributed by atoms with Crippen LogP contribution in [0.25, 0.3) is 32.7 Å². The van der Waals surface area contributed by atoms with Crippen LogP contribution < -0.4 is 5.32 Å². The molecule has 0 saturated carbocycles. The molecular weight excluding hydrogens is 326 g/mol. The van der Waals surface area contributed by atoms with E-state index in [1.165, 1.54) is 32.7 Å². The molecule has 0 aromatic heterocycles. The summed E-state index contributed by atoms with van der Waals surface area (Å²) in [6.07, 6.45) is 0. The summed E-state index contributed by atoms with van der Waals surface area (Å²) in [6, 6.07) is 38.5. The summed E-state index contributed by atoms with van der Waals surface area (Å²) in [5.41, 5.74) is 4.70. The molecule has 0 spiro atoms. The van der Waals surface area contributed by atoms with Crippen LogP contribution in [0.1, 0.15) is 0 Å². The maximum Gasteiger partial charge on any atom is 0.0384 e. The third-order valence-electron chi connectivity index (χ3n) is 5.03. The third-order valence-corrected chi connectivity index (χ3v) is 5.03. The molecular formula is C26H19N. The van der Waals surface area contributed by atoms with Crippen molar-refractivity contribution in [3.63, 3.8) is 0 Å². The Hall–Kier alpha value is -3.58. The van der Waals surface area contributed by atoms with Crippen LogP contribution in [-0.4, -0.2) is 0 Å². The number of hydrogen-bond acceptors (Lipinski definition) is 1. The highest BCUT2D eigenvalue weighted by atomic mass is 14.9. The van der Waals surface area contributed by atoms with Crippen LogP contribution in [0.3, 0.4) is 0 Å². The first-order chi connectivity index (χ1) is 13.4. The van der Waals surface area contributed by atoms with Crippen LogP contribution in [0.15, 0.2) is 109 Å². The molecule has 5 aromatic rings. The predicted molar refractivity (Wildman–Crippen MR) is 117 cm³/mol. The van der Waals surface area contributed by atoms with E-state index in [0.29, 0.717) is 0 Å². The predicted octanol–water partition coefficient (Wildman–Crippen LogP) is 7.40. The Labute approximate surface area is 158 Å². The molecule has 5 rings (SSSR count). The molecule has 0 fully saturated rings. The Morgan fingerprint density at radius 1 is 0.444 bits per heavy atom. The van der Waals surface area contributed by atoms with Crippen LogP contribution in [0, 0.1) is 0 Å². The summed E-state index contributed by atoms with van der Waals surface area (Å²) in [7, 11) is 0. The molecule has 0 saturated heterocycles. The van der Waals surface area contributed by atoms with E-state index in [1.54, 1.807) is 0 Å². The zero-order valence-corrected chi connectivity index (χ0v) is 14.9. The molecule has 27 heavy (non-hydrogen) atoms. The van der Waals surface area contributed by atoms with Crippen molar-refractivity contribution in [1.29, 1.82) is 0 Å². The summed E-state index contributed by atoms with van der Waals surface area (Å²) in [6.45, 7) is 0. The molecule has 0 aliphatic carbocycles. The van der Waals surface area contributed by atoms with Crippen molar-refractivity contribution in [1.82, 2.24) is 0 Å². The molecule has 0 radical (unpaired) electrons. The van der Waals surface area contributed by atoms with E-state index in [1.807, 2.05) is 18.2 Å². The zero-order valence-electron chi connectivity index (χ0n) is 14.9. The van der Waals surface area contributed by atoms with Gasteiger partial charge >= 0.3 is 0 Å². The lowest BCUT2D eigenvalue weighted by Crippen LogP contribution is -1.90. The van der Waals surface area contributed by atoms with Gasteiger partial charge in [-0.05, 0) is 63.0 Å². The van der Waals surface area contributed by atoms with Crippen molar-refractivity contribution in [2.24, 2.45) is 0 Å². The molecule has 1 nitrogen and oxygen atoms in total. The number of hydrogen-bond donors (Lipinski definition) is 1. The fourth-order valence-electron chi connectivity index (χ4n) is 3.71. The van der Waals surface area contributed by atoms with Crippen molar-refractivity contribution < 1.29 is 0 Å². The smallest absolute Gasteiger partial charge is 0.0384 e. The van der Waals surface area contributed by atoms with Gasteiger partial charge in [0.15, 0.2) is 0 Å². The lowest BCUT2D eigenvalue weighted by Gasteiger charge is -2.12. The number of rotatable bonds is 3. The monoisotopic (exact) mass is 345 g/mol. The quantitative estimate of drug-likeness (QED) is 0.336. The van der Waals surface area contributed by atoms with Crippen molar-refractivity contribution in [2.45, 2.75) is 0 Å². The van der Waals surface area contributed by atoms with Gasteiger partial charge in [-0.2, -0.15) is 0 Å². The Kier molecular flexibility index (Phi) is 3.84. The SMILES string of the molecule is c1ccc(Nc2ccc(-c3cc4ccccc4c4ccccc34)cc2)cc1. The van der Waals surface area contributed by atoms with E-state index < -0.39 is 0 Å². The number of benzene rings is 5. The third kappa shape index (κ3) is 2.94. The van der Waals surface area contributed by atoms with Gasteiger partial charge in [0, 0.05) is 11.4 Å². The highest BCUT2D eigenvalue weighted by Crippen LogP contribution is 2.35. The average molecular weight is 345 g/mol. The van der Waals surface area contributed by atoms with Gasteiger partial charge in [-0.25, -0.2) is 0 Å². The van der Waals surface area contributed by atoms with Crippen LogP contribution >= 0.6 is 0 Å². The molecule has 0 aliphatic rings. The Morgan fingerprint density at radius 2 is 1.04 bits per heavy atom. The standard InChI is InChI=1S/C26H19N/c1-2-9-21(10-3-1)27-22-16-14-19(15-17-22)26-18-20-8-4-5-11-23(20)24-12-6-7-13-25(24)26/h1-18,27H. The van der Waals surface area contributed by atoms with E-state index in [4.69, 9.17) is 0 Å². The van der Waals surface area contributed by atoms with Crippen LogP contribution in [0.2, 0.25) is 0 Å². The van der Waals surface area contributed by atoms with E-state index in [9.17, 15) is 0 Å². The second kappa shape index (κ2) is 6.62. The van der Waals surface area contributed by atoms with E-state index in [2.05, 4.69) is 96.3 Å². The van der Waals surface area contributed by atoms with Crippen LogP contribution in [-0.2, 0) is 0 Å². The summed E-state index contributed by atoms with van der Waals surface area (Å²) < 4.78 is 0. The van der Waals surface area contributed by atoms with Crippen molar-refractivity contribution in [3.05, 3.63) is 109 Å². The fourth-order valence-corrected chi connectivity index (χ4v) is 3.71. The minimum absolute atomic E-state index is 1.09. The van der Waals surface area contributed by atoms with Crippen molar-refractivity contribution >= 4 is 32.9 Å². The molecule has 0 amide bonds. The lowest BCUT2D eigenvalue weighted by atomic mass is 9.93. The van der Waals surface area contributed by atoms with Gasteiger partial charge in [-0.1, -0.05) is 78.9 Å². The second-order valence-electron chi connectivity index (χ2n) is 6.76. The van der Waals surface area contributed by atoms with Crippen LogP contribution in [0.5, 0.6) is 0 Å². The fraction of sp³-hybridized carbons (Fsp3) is 0. The molecule has 0 unspecified atom stereocenters. The molecule has 0 aliphatic heterocycles. The lowest BCUT2D eigenvalue weighted by molar-refractivity contribution is 1.55. The van der Waals surface area contributed by atoms with Gasteiger partial charge in [0.05, 0.1) is 0 Å². The van der Waals surface area contributed by atoms with Crippen molar-refractivity contribution in [2.75, 3.05) is 5.32 Å². The first-order valence-electron chi connectivity index (χ1n) is 9.21. The van der Waals surface area contributed by atoms with Gasteiger partial charge in [0.25, 0.3) is 0 Å².